The molecule has 0 spiro atoms. The molecule has 46 heavy (non-hydrogen) atoms. The molecule has 1 fully saturated rings. The first-order valence-electron chi connectivity index (χ1n) is 14.3. The number of ether oxygens (including phenoxy) is 4. The summed E-state index contributed by atoms with van der Waals surface area (Å²) in [4.78, 5) is 39.9. The van der Waals surface area contributed by atoms with Gasteiger partial charge in [-0.25, -0.2) is 9.69 Å². The van der Waals surface area contributed by atoms with Crippen LogP contribution >= 0.6 is 27.5 Å². The predicted octanol–water partition coefficient (Wildman–Crippen LogP) is 7.64. The van der Waals surface area contributed by atoms with Crippen molar-refractivity contribution >= 4 is 57.1 Å². The molecule has 0 bridgehead atoms. The number of urea groups is 1. The van der Waals surface area contributed by atoms with Crippen molar-refractivity contribution in [2.75, 3.05) is 18.6 Å². The number of anilines is 1. The number of rotatable bonds is 11. The van der Waals surface area contributed by atoms with Crippen LogP contribution in [-0.4, -0.2) is 31.6 Å². The molecule has 1 saturated heterocycles. The number of carbonyl (C=O) groups excluding carboxylic acids is 3. The summed E-state index contributed by atoms with van der Waals surface area (Å²) in [5, 5.41) is 2.58. The van der Waals surface area contributed by atoms with Crippen molar-refractivity contribution in [2.24, 2.45) is 0 Å². The Balaban J connectivity index is 1.37. The van der Waals surface area contributed by atoms with Gasteiger partial charge in [0.2, 0.25) is 0 Å². The van der Waals surface area contributed by atoms with Gasteiger partial charge >= 0.3 is 6.03 Å². The quantitative estimate of drug-likeness (QED) is 0.126. The Kier molecular flexibility index (Phi) is 10.3. The lowest BCUT2D eigenvalue weighted by molar-refractivity contribution is -0.122. The number of benzene rings is 4. The van der Waals surface area contributed by atoms with Gasteiger partial charge in [-0.05, 0) is 94.5 Å². The van der Waals surface area contributed by atoms with Crippen molar-refractivity contribution < 1.29 is 33.3 Å². The third-order valence-corrected chi connectivity index (χ3v) is 7.83. The molecular weight excluding hydrogens is 676 g/mol. The van der Waals surface area contributed by atoms with E-state index in [1.54, 1.807) is 38.3 Å². The van der Waals surface area contributed by atoms with Crippen molar-refractivity contribution in [3.63, 3.8) is 0 Å². The number of halogens is 2. The van der Waals surface area contributed by atoms with E-state index in [1.165, 1.54) is 12.1 Å². The van der Waals surface area contributed by atoms with Gasteiger partial charge in [0.15, 0.2) is 23.0 Å². The monoisotopic (exact) mass is 704 g/mol. The smallest absolute Gasteiger partial charge is 0.335 e. The number of barbiturate groups is 1. The van der Waals surface area contributed by atoms with Gasteiger partial charge in [0, 0.05) is 5.02 Å². The second-order valence-corrected chi connectivity index (χ2v) is 11.5. The Morgan fingerprint density at radius 2 is 1.61 bits per heavy atom. The zero-order chi connectivity index (χ0) is 32.8. The van der Waals surface area contributed by atoms with Crippen LogP contribution in [0.25, 0.3) is 6.08 Å². The van der Waals surface area contributed by atoms with Gasteiger partial charge in [0.25, 0.3) is 11.8 Å². The Hall–Kier alpha value is -4.80. The summed E-state index contributed by atoms with van der Waals surface area (Å²) in [5.74, 6) is 0.401. The highest BCUT2D eigenvalue weighted by Crippen LogP contribution is 2.39. The molecule has 0 atom stereocenters. The first kappa shape index (κ1) is 32.6. The molecule has 4 aromatic carbocycles. The van der Waals surface area contributed by atoms with E-state index in [1.807, 2.05) is 55.5 Å². The van der Waals surface area contributed by atoms with Crippen LogP contribution in [0.4, 0.5) is 10.5 Å². The van der Waals surface area contributed by atoms with Crippen LogP contribution in [0.2, 0.25) is 5.02 Å². The molecule has 1 N–H and O–H groups in total. The molecule has 11 heteroatoms. The van der Waals surface area contributed by atoms with Crippen LogP contribution in [0, 0.1) is 6.92 Å². The Labute approximate surface area is 279 Å². The van der Waals surface area contributed by atoms with E-state index in [0.717, 1.165) is 16.0 Å². The highest BCUT2D eigenvalue weighted by atomic mass is 79.9. The van der Waals surface area contributed by atoms with E-state index in [2.05, 4.69) is 21.2 Å². The van der Waals surface area contributed by atoms with E-state index >= 15 is 0 Å². The number of carbonyl (C=O) groups is 3. The third-order valence-electron chi connectivity index (χ3n) is 7.00. The maximum absolute atomic E-state index is 13.5. The van der Waals surface area contributed by atoms with E-state index in [4.69, 9.17) is 30.5 Å². The first-order valence-corrected chi connectivity index (χ1v) is 15.5. The average molecular weight is 706 g/mol. The Morgan fingerprint density at radius 3 is 2.35 bits per heavy atom. The zero-order valence-electron chi connectivity index (χ0n) is 25.3. The normalized spacial score (nSPS) is 13.9. The minimum atomic E-state index is -0.857. The van der Waals surface area contributed by atoms with Crippen molar-refractivity contribution in [1.29, 1.82) is 0 Å². The highest BCUT2D eigenvalue weighted by molar-refractivity contribution is 9.10. The lowest BCUT2D eigenvalue weighted by Crippen LogP contribution is -2.54. The Morgan fingerprint density at radius 1 is 0.848 bits per heavy atom. The van der Waals surface area contributed by atoms with Gasteiger partial charge in [-0.15, -0.1) is 0 Å². The third kappa shape index (κ3) is 7.35. The van der Waals surface area contributed by atoms with Crippen molar-refractivity contribution in [2.45, 2.75) is 27.1 Å². The fourth-order valence-electron chi connectivity index (χ4n) is 4.75. The maximum Gasteiger partial charge on any atom is 0.335 e. The molecule has 1 aliphatic heterocycles. The van der Waals surface area contributed by atoms with Crippen LogP contribution in [-0.2, 0) is 22.8 Å². The van der Waals surface area contributed by atoms with Crippen molar-refractivity contribution in [1.82, 2.24) is 5.32 Å². The lowest BCUT2D eigenvalue weighted by Gasteiger charge is -2.27. The Bertz CT molecular complexity index is 1830. The maximum atomic E-state index is 13.5. The molecule has 5 rings (SSSR count). The minimum absolute atomic E-state index is 0.186. The van der Waals surface area contributed by atoms with Gasteiger partial charge in [-0.3, -0.25) is 14.9 Å². The molecule has 0 aliphatic carbocycles. The summed E-state index contributed by atoms with van der Waals surface area (Å²) in [6.45, 7) is 4.49. The topological polar surface area (TPSA) is 103 Å². The largest absolute Gasteiger partial charge is 0.493 e. The van der Waals surface area contributed by atoms with E-state index in [9.17, 15) is 14.4 Å². The number of hydrogen-bond donors (Lipinski definition) is 1. The second-order valence-electron chi connectivity index (χ2n) is 10.2. The van der Waals surface area contributed by atoms with Crippen LogP contribution in [0.5, 0.6) is 23.0 Å². The molecule has 0 saturated carbocycles. The number of nitrogens with one attached hydrogen (secondary N) is 1. The molecule has 0 aromatic heterocycles. The summed E-state index contributed by atoms with van der Waals surface area (Å²) in [7, 11) is 1.58. The molecule has 236 valence electrons. The lowest BCUT2D eigenvalue weighted by atomic mass is 10.1. The van der Waals surface area contributed by atoms with Crippen LogP contribution < -0.4 is 29.2 Å². The molecule has 0 radical (unpaired) electrons. The number of nitrogens with zero attached hydrogens (tertiary/aromatic N) is 1. The number of aryl methyl sites for hydroxylation is 1. The number of imide groups is 2. The summed E-state index contributed by atoms with van der Waals surface area (Å²) >= 11 is 9.68. The minimum Gasteiger partial charge on any atom is -0.493 e. The number of amides is 4. The molecule has 4 aromatic rings. The van der Waals surface area contributed by atoms with E-state index in [-0.39, 0.29) is 17.9 Å². The molecule has 4 amide bonds. The zero-order valence-corrected chi connectivity index (χ0v) is 27.6. The number of hydrogen-bond acceptors (Lipinski definition) is 7. The standard InChI is InChI=1S/C35H30BrClN2O7/c1-4-44-31-17-24(14-26-33(40)38-35(42)39(34(26)41)28-18-25(37)12-10-21(28)2)15-27(36)32(31)46-20-23-11-13-29(30(16-23)43-3)45-19-22-8-6-5-7-9-22/h5-18H,4,19-20H2,1-3H3,(H,38,40,42)/b26-14+. The molecule has 1 heterocycles. The SMILES string of the molecule is CCOc1cc(/C=C2\C(=O)NC(=O)N(c3cc(Cl)ccc3C)C2=O)cc(Br)c1OCc1ccc(OCc2ccccc2)c(OC)c1. The van der Waals surface area contributed by atoms with Gasteiger partial charge < -0.3 is 18.9 Å². The van der Waals surface area contributed by atoms with E-state index < -0.39 is 17.8 Å². The summed E-state index contributed by atoms with van der Waals surface area (Å²) in [6, 6.07) is 22.7. The van der Waals surface area contributed by atoms with Crippen LogP contribution in [0.3, 0.4) is 0 Å². The predicted molar refractivity (Wildman–Crippen MR) is 179 cm³/mol. The average Bonchev–Trinajstić information content (AvgIpc) is 3.04. The van der Waals surface area contributed by atoms with Crippen LogP contribution in [0.15, 0.2) is 88.9 Å². The van der Waals surface area contributed by atoms with Gasteiger partial charge in [-0.1, -0.05) is 54.1 Å². The summed E-state index contributed by atoms with van der Waals surface area (Å²) in [5.41, 5.74) is 3.02. The highest BCUT2D eigenvalue weighted by Gasteiger charge is 2.37. The van der Waals surface area contributed by atoms with Gasteiger partial charge in [0.05, 0.1) is 23.9 Å². The van der Waals surface area contributed by atoms with Crippen LogP contribution in [0.1, 0.15) is 29.2 Å². The first-order chi connectivity index (χ1) is 22.2. The fraction of sp³-hybridized carbons (Fsp3) is 0.171. The summed E-state index contributed by atoms with van der Waals surface area (Å²) < 4.78 is 24.1. The van der Waals surface area contributed by atoms with E-state index in [0.29, 0.717) is 56.8 Å². The van der Waals surface area contributed by atoms with Crippen molar-refractivity contribution in [3.05, 3.63) is 116 Å². The summed E-state index contributed by atoms with van der Waals surface area (Å²) in [6.07, 6.45) is 1.40. The molecule has 0 unspecified atom stereocenters. The molecular formula is C35H30BrClN2O7. The van der Waals surface area contributed by atoms with Gasteiger partial charge in [0.1, 0.15) is 18.8 Å². The molecule has 9 nitrogen and oxygen atoms in total. The van der Waals surface area contributed by atoms with Gasteiger partial charge in [-0.2, -0.15) is 0 Å². The number of methoxy groups -OCH3 is 1. The molecule has 1 aliphatic rings. The second kappa shape index (κ2) is 14.5. The fourth-order valence-corrected chi connectivity index (χ4v) is 5.49. The van der Waals surface area contributed by atoms with Crippen molar-refractivity contribution in [3.8, 4) is 23.0 Å².